The van der Waals surface area contributed by atoms with Gasteiger partial charge in [-0.1, -0.05) is 24.3 Å². The topological polar surface area (TPSA) is 118 Å². The smallest absolute Gasteiger partial charge is 0.308 e. The van der Waals surface area contributed by atoms with Crippen LogP contribution in [-0.4, -0.2) is 59.1 Å². The molecule has 0 aromatic heterocycles. The van der Waals surface area contributed by atoms with Crippen LogP contribution in [0.4, 0.5) is 0 Å². The van der Waals surface area contributed by atoms with Gasteiger partial charge >= 0.3 is 11.9 Å². The van der Waals surface area contributed by atoms with Gasteiger partial charge < -0.3 is 28.7 Å². The number of likely N-dealkylation sites (N-methyl/N-ethyl adjacent to an activating group) is 2. The minimum Gasteiger partial charge on any atom is -0.427 e. The van der Waals surface area contributed by atoms with E-state index in [1.165, 1.54) is 37.7 Å². The van der Waals surface area contributed by atoms with Crippen LogP contribution in [0.1, 0.15) is 37.2 Å². The van der Waals surface area contributed by atoms with Gasteiger partial charge in [-0.2, -0.15) is 0 Å². The van der Waals surface area contributed by atoms with Gasteiger partial charge in [0.1, 0.15) is 23.7 Å². The highest BCUT2D eigenvalue weighted by Gasteiger charge is 2.81. The van der Waals surface area contributed by atoms with Crippen LogP contribution in [0.25, 0.3) is 0 Å². The number of ether oxygens (including phenoxy) is 4. The van der Waals surface area contributed by atoms with Crippen LogP contribution in [-0.2, 0) is 28.7 Å². The molecule has 3 aliphatic rings. The molecule has 0 unspecified atom stereocenters. The summed E-state index contributed by atoms with van der Waals surface area (Å²) in [5, 5.41) is 0. The molecule has 0 bridgehead atoms. The van der Waals surface area contributed by atoms with Crippen LogP contribution in [0.2, 0.25) is 0 Å². The highest BCUT2D eigenvalue weighted by molar-refractivity contribution is 6.04. The lowest BCUT2D eigenvalue weighted by atomic mass is 9.95. The van der Waals surface area contributed by atoms with Gasteiger partial charge in [-0.25, -0.2) is 0 Å². The maximum absolute atomic E-state index is 13.5. The Balaban J connectivity index is 1.41. The SMILES string of the molecule is CC(=O)Oc1cccc([C@@H]2O[C@]23C(=O)N(C)[C@@]2(O[C@H]2c2cccc(OC(C)=O)c2)C(=O)N3C)c1. The third kappa shape index (κ3) is 3.10. The maximum Gasteiger partial charge on any atom is 0.308 e. The summed E-state index contributed by atoms with van der Waals surface area (Å²) in [6, 6.07) is 13.3. The van der Waals surface area contributed by atoms with Crippen molar-refractivity contribution in [2.24, 2.45) is 0 Å². The Hall–Kier alpha value is -3.76. The van der Waals surface area contributed by atoms with Gasteiger partial charge in [-0.05, 0) is 35.4 Å². The molecule has 176 valence electrons. The van der Waals surface area contributed by atoms with Crippen molar-refractivity contribution in [2.45, 2.75) is 37.5 Å². The molecule has 0 aliphatic carbocycles. The number of hydrogen-bond donors (Lipinski definition) is 0. The van der Waals surface area contributed by atoms with Gasteiger partial charge in [0.15, 0.2) is 0 Å². The van der Waals surface area contributed by atoms with Crippen LogP contribution < -0.4 is 9.47 Å². The number of rotatable bonds is 4. The molecule has 0 N–H and O–H groups in total. The minimum atomic E-state index is -1.51. The van der Waals surface area contributed by atoms with Crippen molar-refractivity contribution in [3.05, 3.63) is 59.7 Å². The van der Waals surface area contributed by atoms with E-state index in [0.717, 1.165) is 0 Å². The van der Waals surface area contributed by atoms with Crippen molar-refractivity contribution in [3.63, 3.8) is 0 Å². The van der Waals surface area contributed by atoms with Crippen LogP contribution in [0.15, 0.2) is 48.5 Å². The van der Waals surface area contributed by atoms with Crippen molar-refractivity contribution in [2.75, 3.05) is 14.1 Å². The van der Waals surface area contributed by atoms with Gasteiger partial charge in [-0.15, -0.1) is 0 Å². The summed E-state index contributed by atoms with van der Waals surface area (Å²) in [6.07, 6.45) is -1.46. The quantitative estimate of drug-likeness (QED) is 0.380. The first-order chi connectivity index (χ1) is 16.1. The van der Waals surface area contributed by atoms with E-state index in [9.17, 15) is 19.2 Å². The predicted molar refractivity (Wildman–Crippen MR) is 114 cm³/mol. The average molecular weight is 466 g/mol. The molecule has 0 radical (unpaired) electrons. The fraction of sp³-hybridized carbons (Fsp3) is 0.333. The summed E-state index contributed by atoms with van der Waals surface area (Å²) >= 11 is 0. The number of epoxide rings is 2. The molecule has 2 aromatic carbocycles. The molecule has 2 aromatic rings. The van der Waals surface area contributed by atoms with E-state index in [1.54, 1.807) is 48.5 Å². The Bertz CT molecular complexity index is 1150. The molecule has 3 saturated heterocycles. The number of carbonyl (C=O) groups is 4. The molecule has 10 nitrogen and oxygen atoms in total. The number of amides is 2. The number of hydrogen-bond acceptors (Lipinski definition) is 8. The number of nitrogens with zero attached hydrogens (tertiary/aromatic N) is 2. The highest BCUT2D eigenvalue weighted by Crippen LogP contribution is 2.62. The Morgan fingerprint density at radius 3 is 1.50 bits per heavy atom. The zero-order valence-electron chi connectivity index (χ0n) is 18.9. The number of carbonyl (C=O) groups excluding carboxylic acids is 4. The number of piperazine rings is 1. The van der Waals surface area contributed by atoms with E-state index < -0.39 is 47.4 Å². The third-order valence-corrected chi connectivity index (χ3v) is 6.25. The molecule has 3 heterocycles. The molecule has 3 fully saturated rings. The zero-order chi connectivity index (χ0) is 24.4. The van der Waals surface area contributed by atoms with E-state index in [-0.39, 0.29) is 0 Å². The van der Waals surface area contributed by atoms with Crippen molar-refractivity contribution < 1.29 is 38.1 Å². The number of esters is 2. The fourth-order valence-electron chi connectivity index (χ4n) is 4.60. The molecule has 0 saturated carbocycles. The summed E-state index contributed by atoms with van der Waals surface area (Å²) in [5.74, 6) is -1.18. The molecule has 34 heavy (non-hydrogen) atoms. The summed E-state index contributed by atoms with van der Waals surface area (Å²) < 4.78 is 21.9. The first-order valence-electron chi connectivity index (χ1n) is 10.6. The van der Waals surface area contributed by atoms with E-state index in [1.807, 2.05) is 0 Å². The van der Waals surface area contributed by atoms with Crippen molar-refractivity contribution in [3.8, 4) is 11.5 Å². The lowest BCUT2D eigenvalue weighted by Gasteiger charge is -2.39. The lowest BCUT2D eigenvalue weighted by Crippen LogP contribution is -2.67. The Labute approximate surface area is 194 Å². The summed E-state index contributed by atoms with van der Waals surface area (Å²) in [4.78, 5) is 52.2. The second-order valence-corrected chi connectivity index (χ2v) is 8.45. The predicted octanol–water partition coefficient (Wildman–Crippen LogP) is 1.70. The van der Waals surface area contributed by atoms with Crippen LogP contribution in [0.3, 0.4) is 0 Å². The Morgan fingerprint density at radius 2 is 1.15 bits per heavy atom. The summed E-state index contributed by atoms with van der Waals surface area (Å²) in [6.45, 7) is 2.59. The van der Waals surface area contributed by atoms with Crippen molar-refractivity contribution in [1.29, 1.82) is 0 Å². The maximum atomic E-state index is 13.5. The molecular formula is C24H22N2O8. The first kappa shape index (κ1) is 22.1. The van der Waals surface area contributed by atoms with E-state index in [0.29, 0.717) is 22.6 Å². The van der Waals surface area contributed by atoms with E-state index >= 15 is 0 Å². The van der Waals surface area contributed by atoms with Crippen molar-refractivity contribution in [1.82, 2.24) is 9.80 Å². The minimum absolute atomic E-state index is 0.316. The highest BCUT2D eigenvalue weighted by atomic mass is 16.7. The largest absolute Gasteiger partial charge is 0.427 e. The van der Waals surface area contributed by atoms with Gasteiger partial charge in [-0.3, -0.25) is 19.2 Å². The summed E-state index contributed by atoms with van der Waals surface area (Å²) in [7, 11) is 3.00. The van der Waals surface area contributed by atoms with Gasteiger partial charge in [0.25, 0.3) is 23.3 Å². The average Bonchev–Trinajstić information content (AvgIpc) is 3.69. The molecule has 5 rings (SSSR count). The Kier molecular flexibility index (Phi) is 4.78. The van der Waals surface area contributed by atoms with Gasteiger partial charge in [0, 0.05) is 27.9 Å². The van der Waals surface area contributed by atoms with Gasteiger partial charge in [0.05, 0.1) is 0 Å². The molecule has 2 amide bonds. The number of benzene rings is 2. The lowest BCUT2D eigenvalue weighted by molar-refractivity contribution is -0.175. The molecule has 3 aliphatic heterocycles. The van der Waals surface area contributed by atoms with E-state index in [2.05, 4.69) is 0 Å². The zero-order valence-corrected chi connectivity index (χ0v) is 18.9. The first-order valence-corrected chi connectivity index (χ1v) is 10.6. The van der Waals surface area contributed by atoms with Crippen LogP contribution in [0, 0.1) is 0 Å². The normalized spacial score (nSPS) is 29.4. The third-order valence-electron chi connectivity index (χ3n) is 6.25. The standard InChI is InChI=1S/C24H22N2O8/c1-13(27)31-17-9-5-7-15(11-17)19-23(33-19)21(29)26(4)24(22(30)25(23)3)20(34-24)16-8-6-10-18(12-16)32-14(2)28/h5-12,19-20H,1-4H3/t19-,20-,23-,24-/m0/s1. The molecule has 2 spiro atoms. The second kappa shape index (κ2) is 7.37. The van der Waals surface area contributed by atoms with Crippen molar-refractivity contribution >= 4 is 23.8 Å². The Morgan fingerprint density at radius 1 is 0.765 bits per heavy atom. The molecular weight excluding hydrogens is 444 g/mol. The second-order valence-electron chi connectivity index (χ2n) is 8.45. The summed E-state index contributed by atoms with van der Waals surface area (Å²) in [5.41, 5.74) is -1.83. The fourth-order valence-corrected chi connectivity index (χ4v) is 4.60. The van der Waals surface area contributed by atoms with Crippen LogP contribution >= 0.6 is 0 Å². The van der Waals surface area contributed by atoms with Crippen LogP contribution in [0.5, 0.6) is 11.5 Å². The van der Waals surface area contributed by atoms with E-state index in [4.69, 9.17) is 18.9 Å². The van der Waals surface area contributed by atoms with Gasteiger partial charge in [0.2, 0.25) is 0 Å². The molecule has 4 atom stereocenters. The monoisotopic (exact) mass is 466 g/mol. The molecule has 10 heteroatoms.